The predicted molar refractivity (Wildman–Crippen MR) is 135 cm³/mol. The van der Waals surface area contributed by atoms with Gasteiger partial charge in [-0.3, -0.25) is 4.79 Å². The van der Waals surface area contributed by atoms with Crippen molar-refractivity contribution in [2.45, 2.75) is 12.2 Å². The Hall–Kier alpha value is -4.61. The van der Waals surface area contributed by atoms with Gasteiger partial charge in [-0.25, -0.2) is 0 Å². The Bertz CT molecular complexity index is 1500. The monoisotopic (exact) mass is 526 g/mol. The number of benzene rings is 3. The van der Waals surface area contributed by atoms with Crippen molar-refractivity contribution in [2.75, 3.05) is 27.9 Å². The molecule has 38 heavy (non-hydrogen) atoms. The maximum Gasteiger partial charge on any atom is 0.204 e. The van der Waals surface area contributed by atoms with Crippen LogP contribution in [0.25, 0.3) is 22.3 Å². The van der Waals surface area contributed by atoms with Crippen LogP contribution in [0, 0.1) is 0 Å². The molecular formula is C27H26O11. The molecule has 11 heteroatoms. The van der Waals surface area contributed by atoms with Crippen molar-refractivity contribution in [3.05, 3.63) is 64.3 Å². The summed E-state index contributed by atoms with van der Waals surface area (Å²) in [6.45, 7) is -0.592. The summed E-state index contributed by atoms with van der Waals surface area (Å²) >= 11 is 0. The Labute approximate surface area is 216 Å². The first-order valence-corrected chi connectivity index (χ1v) is 11.3. The highest BCUT2D eigenvalue weighted by Gasteiger charge is 2.27. The fourth-order valence-electron chi connectivity index (χ4n) is 3.98. The van der Waals surface area contributed by atoms with E-state index in [1.54, 1.807) is 0 Å². The third-order valence-electron chi connectivity index (χ3n) is 5.89. The van der Waals surface area contributed by atoms with Gasteiger partial charge in [0.2, 0.25) is 5.75 Å². The predicted octanol–water partition coefficient (Wildman–Crippen LogP) is 3.08. The highest BCUT2D eigenvalue weighted by molar-refractivity contribution is 5.86. The summed E-state index contributed by atoms with van der Waals surface area (Å²) in [4.78, 5) is 12.7. The van der Waals surface area contributed by atoms with Crippen LogP contribution in [0.5, 0.6) is 40.2 Å². The molecule has 1 heterocycles. The Kier molecular flexibility index (Phi) is 7.51. The lowest BCUT2D eigenvalue weighted by Gasteiger charge is -2.25. The molecule has 0 saturated carbocycles. The number of rotatable bonds is 9. The van der Waals surface area contributed by atoms with Gasteiger partial charge in [0.25, 0.3) is 0 Å². The van der Waals surface area contributed by atoms with E-state index in [4.69, 9.17) is 23.4 Å². The molecule has 0 unspecified atom stereocenters. The Morgan fingerprint density at radius 1 is 0.842 bits per heavy atom. The van der Waals surface area contributed by atoms with E-state index in [1.807, 2.05) is 0 Å². The first-order valence-electron chi connectivity index (χ1n) is 11.3. The molecule has 200 valence electrons. The van der Waals surface area contributed by atoms with E-state index in [9.17, 15) is 30.3 Å². The van der Waals surface area contributed by atoms with Crippen molar-refractivity contribution in [2.24, 2.45) is 0 Å². The van der Waals surface area contributed by atoms with Crippen LogP contribution in [0.3, 0.4) is 0 Å². The molecule has 0 aliphatic rings. The minimum Gasteiger partial charge on any atom is -0.508 e. The van der Waals surface area contributed by atoms with Gasteiger partial charge in [0.15, 0.2) is 34.5 Å². The molecule has 0 saturated heterocycles. The number of hydrogen-bond donors (Lipinski definition) is 5. The molecule has 0 bridgehead atoms. The van der Waals surface area contributed by atoms with Crippen LogP contribution in [0.2, 0.25) is 0 Å². The first kappa shape index (κ1) is 26.5. The largest absolute Gasteiger partial charge is 0.508 e. The van der Waals surface area contributed by atoms with Crippen LogP contribution in [-0.2, 0) is 0 Å². The maximum atomic E-state index is 12.7. The van der Waals surface area contributed by atoms with E-state index in [-0.39, 0.29) is 51.2 Å². The van der Waals surface area contributed by atoms with Gasteiger partial charge >= 0.3 is 0 Å². The molecule has 4 rings (SSSR count). The summed E-state index contributed by atoms with van der Waals surface area (Å²) in [5, 5.41) is 50.5. The lowest BCUT2D eigenvalue weighted by atomic mass is 10.0. The number of phenols is 3. The number of aromatic hydroxyl groups is 3. The standard InChI is InChI=1S/C27H26O11/c1-34-20-6-13(4-5-16(20)30)26(33)24(12-28)38-27-22(35-2)7-14(8-23(27)36-3)19-11-18(32)25-17(31)9-15(29)10-21(25)37-19/h4-11,24,26,28-31,33H,12H2,1-3H3/t24-,26+/m1/s1. The lowest BCUT2D eigenvalue weighted by molar-refractivity contribution is -0.00173. The number of aliphatic hydroxyl groups is 2. The third kappa shape index (κ3) is 4.97. The summed E-state index contributed by atoms with van der Waals surface area (Å²) in [6.07, 6.45) is -2.51. The van der Waals surface area contributed by atoms with Crippen molar-refractivity contribution in [1.82, 2.24) is 0 Å². The fraction of sp³-hybridized carbons (Fsp3) is 0.222. The van der Waals surface area contributed by atoms with Crippen LogP contribution in [0.15, 0.2) is 57.7 Å². The molecule has 0 fully saturated rings. The number of fused-ring (bicyclic) bond motifs is 1. The molecule has 5 N–H and O–H groups in total. The second kappa shape index (κ2) is 10.8. The average Bonchev–Trinajstić information content (AvgIpc) is 2.90. The molecule has 0 amide bonds. The zero-order valence-electron chi connectivity index (χ0n) is 20.7. The van der Waals surface area contributed by atoms with Gasteiger partial charge in [0, 0.05) is 23.8 Å². The van der Waals surface area contributed by atoms with E-state index in [1.165, 1.54) is 63.8 Å². The highest BCUT2D eigenvalue weighted by Crippen LogP contribution is 2.43. The second-order valence-corrected chi connectivity index (χ2v) is 8.24. The summed E-state index contributed by atoms with van der Waals surface area (Å²) in [6, 6.07) is 10.6. The molecular weight excluding hydrogens is 500 g/mol. The number of ether oxygens (including phenoxy) is 4. The highest BCUT2D eigenvalue weighted by atomic mass is 16.6. The minimum atomic E-state index is -1.33. The smallest absolute Gasteiger partial charge is 0.204 e. The number of methoxy groups -OCH3 is 3. The van der Waals surface area contributed by atoms with Gasteiger partial charge in [-0.2, -0.15) is 0 Å². The van der Waals surface area contributed by atoms with Crippen molar-refractivity contribution in [1.29, 1.82) is 0 Å². The SMILES string of the molecule is COc1cc([C@H](O)[C@@H](CO)Oc2c(OC)cc(-c3cc(=O)c4c(O)cc(O)cc4o3)cc2OC)ccc1O. The Balaban J connectivity index is 1.75. The van der Waals surface area contributed by atoms with E-state index in [2.05, 4.69) is 0 Å². The Morgan fingerprint density at radius 2 is 1.50 bits per heavy atom. The number of aliphatic hydroxyl groups excluding tert-OH is 2. The van der Waals surface area contributed by atoms with Gasteiger partial charge < -0.3 is 48.9 Å². The quantitative estimate of drug-likeness (QED) is 0.217. The summed E-state index contributed by atoms with van der Waals surface area (Å²) in [5.41, 5.74) is 0.0933. The van der Waals surface area contributed by atoms with Gasteiger partial charge in [0.05, 0.1) is 27.9 Å². The van der Waals surface area contributed by atoms with Crippen LogP contribution in [0.4, 0.5) is 0 Å². The third-order valence-corrected chi connectivity index (χ3v) is 5.89. The molecule has 0 spiro atoms. The zero-order chi connectivity index (χ0) is 27.6. The topological polar surface area (TPSA) is 168 Å². The maximum absolute atomic E-state index is 12.7. The van der Waals surface area contributed by atoms with Crippen LogP contribution in [0.1, 0.15) is 11.7 Å². The van der Waals surface area contributed by atoms with Gasteiger partial charge in [0.1, 0.15) is 34.3 Å². The second-order valence-electron chi connectivity index (χ2n) is 8.24. The van der Waals surface area contributed by atoms with E-state index in [0.717, 1.165) is 6.07 Å². The first-order chi connectivity index (χ1) is 18.2. The van der Waals surface area contributed by atoms with Crippen molar-refractivity contribution >= 4 is 11.0 Å². The van der Waals surface area contributed by atoms with Gasteiger partial charge in [-0.1, -0.05) is 6.07 Å². The summed E-state index contributed by atoms with van der Waals surface area (Å²) in [7, 11) is 4.10. The fourth-order valence-corrected chi connectivity index (χ4v) is 3.98. The van der Waals surface area contributed by atoms with Crippen LogP contribution >= 0.6 is 0 Å². The van der Waals surface area contributed by atoms with E-state index in [0.29, 0.717) is 11.1 Å². The van der Waals surface area contributed by atoms with Crippen molar-refractivity contribution < 1.29 is 48.9 Å². The Morgan fingerprint density at radius 3 is 2.11 bits per heavy atom. The van der Waals surface area contributed by atoms with Crippen molar-refractivity contribution in [3.63, 3.8) is 0 Å². The molecule has 2 atom stereocenters. The molecule has 4 aromatic rings. The average molecular weight is 526 g/mol. The number of phenolic OH excluding ortho intramolecular Hbond substituents is 3. The minimum absolute atomic E-state index is 0.0314. The number of hydrogen-bond acceptors (Lipinski definition) is 11. The van der Waals surface area contributed by atoms with E-state index < -0.39 is 30.0 Å². The van der Waals surface area contributed by atoms with Gasteiger partial charge in [-0.05, 0) is 29.8 Å². The van der Waals surface area contributed by atoms with Crippen molar-refractivity contribution in [3.8, 4) is 51.6 Å². The zero-order valence-corrected chi connectivity index (χ0v) is 20.7. The molecule has 1 aromatic heterocycles. The van der Waals surface area contributed by atoms with E-state index >= 15 is 0 Å². The molecule has 3 aromatic carbocycles. The normalized spacial score (nSPS) is 12.7. The molecule has 0 aliphatic carbocycles. The molecule has 0 radical (unpaired) electrons. The molecule has 0 aliphatic heterocycles. The van der Waals surface area contributed by atoms with Gasteiger partial charge in [-0.15, -0.1) is 0 Å². The summed E-state index contributed by atoms with van der Waals surface area (Å²) in [5.74, 6) is -0.268. The van der Waals surface area contributed by atoms with Crippen LogP contribution in [-0.4, -0.2) is 59.6 Å². The lowest BCUT2D eigenvalue weighted by Crippen LogP contribution is -2.29. The van der Waals surface area contributed by atoms with Crippen LogP contribution < -0.4 is 24.4 Å². The molecule has 11 nitrogen and oxygen atoms in total. The summed E-state index contributed by atoms with van der Waals surface area (Å²) < 4.78 is 27.7.